The minimum Gasteiger partial charge on any atom is -0.497 e. The molecule has 28 heavy (non-hydrogen) atoms. The maximum absolute atomic E-state index is 12.9. The molecule has 2 aromatic carbocycles. The molecule has 2 heterocycles. The summed E-state index contributed by atoms with van der Waals surface area (Å²) in [6, 6.07) is 14.0. The van der Waals surface area contributed by atoms with Gasteiger partial charge in [0.25, 0.3) is 5.91 Å². The van der Waals surface area contributed by atoms with Crippen molar-refractivity contribution in [2.45, 2.75) is 26.3 Å². The van der Waals surface area contributed by atoms with Crippen LogP contribution in [0.25, 0.3) is 21.9 Å². The zero-order valence-corrected chi connectivity index (χ0v) is 16.3. The molecule has 0 bridgehead atoms. The number of rotatable bonds is 6. The zero-order valence-electron chi connectivity index (χ0n) is 16.3. The highest BCUT2D eigenvalue weighted by atomic mass is 16.5. The van der Waals surface area contributed by atoms with Crippen LogP contribution in [-0.2, 0) is 6.42 Å². The van der Waals surface area contributed by atoms with Crippen molar-refractivity contribution in [3.63, 3.8) is 0 Å². The van der Waals surface area contributed by atoms with Gasteiger partial charge in [-0.25, -0.2) is 4.98 Å². The second-order valence-electron chi connectivity index (χ2n) is 7.13. The standard InChI is InChI=1S/C22H24N4O2/c1-14(2)26-13-17(16-12-15(28-3)8-9-20(16)26)22(27)23-11-10-21-24-18-6-4-5-7-19(18)25-21/h4-9,12-14H,10-11H2,1-3H3,(H,23,27)(H,24,25). The lowest BCUT2D eigenvalue weighted by molar-refractivity contribution is 0.0955. The van der Waals surface area contributed by atoms with E-state index < -0.39 is 0 Å². The van der Waals surface area contributed by atoms with E-state index >= 15 is 0 Å². The highest BCUT2D eigenvalue weighted by Gasteiger charge is 2.17. The van der Waals surface area contributed by atoms with Crippen LogP contribution in [0.1, 0.15) is 36.1 Å². The van der Waals surface area contributed by atoms with Gasteiger partial charge in [-0.3, -0.25) is 4.79 Å². The Morgan fingerprint density at radius 3 is 2.82 bits per heavy atom. The highest BCUT2D eigenvalue weighted by molar-refractivity contribution is 6.07. The molecule has 0 aliphatic heterocycles. The Labute approximate surface area is 163 Å². The van der Waals surface area contributed by atoms with Crippen LogP contribution in [0.2, 0.25) is 0 Å². The van der Waals surface area contributed by atoms with Crippen LogP contribution in [0.3, 0.4) is 0 Å². The first kappa shape index (κ1) is 18.1. The maximum atomic E-state index is 12.9. The van der Waals surface area contributed by atoms with Crippen molar-refractivity contribution in [3.8, 4) is 5.75 Å². The number of hydrogen-bond donors (Lipinski definition) is 2. The number of methoxy groups -OCH3 is 1. The molecule has 0 aliphatic carbocycles. The molecule has 4 aromatic rings. The number of nitrogens with one attached hydrogen (secondary N) is 2. The zero-order chi connectivity index (χ0) is 19.7. The molecule has 0 atom stereocenters. The van der Waals surface area contributed by atoms with Gasteiger partial charge < -0.3 is 19.6 Å². The Morgan fingerprint density at radius 2 is 2.07 bits per heavy atom. The smallest absolute Gasteiger partial charge is 0.253 e. The summed E-state index contributed by atoms with van der Waals surface area (Å²) in [4.78, 5) is 20.7. The summed E-state index contributed by atoms with van der Waals surface area (Å²) in [5, 5.41) is 3.92. The fraction of sp³-hybridized carbons (Fsp3) is 0.273. The number of benzene rings is 2. The number of carbonyl (C=O) groups is 1. The lowest BCUT2D eigenvalue weighted by Crippen LogP contribution is -2.25. The van der Waals surface area contributed by atoms with Crippen molar-refractivity contribution in [2.24, 2.45) is 0 Å². The topological polar surface area (TPSA) is 71.9 Å². The predicted octanol–water partition coefficient (Wildman–Crippen LogP) is 4.08. The van der Waals surface area contributed by atoms with Crippen LogP contribution >= 0.6 is 0 Å². The fourth-order valence-corrected chi connectivity index (χ4v) is 3.48. The lowest BCUT2D eigenvalue weighted by atomic mass is 10.1. The number of hydrogen-bond acceptors (Lipinski definition) is 3. The van der Waals surface area contributed by atoms with E-state index in [0.29, 0.717) is 18.5 Å². The number of imidazole rings is 1. The number of H-pyrrole nitrogens is 1. The van der Waals surface area contributed by atoms with Gasteiger partial charge in [-0.1, -0.05) is 12.1 Å². The molecule has 144 valence electrons. The number of fused-ring (bicyclic) bond motifs is 2. The van der Waals surface area contributed by atoms with E-state index in [2.05, 4.69) is 33.7 Å². The number of carbonyl (C=O) groups excluding carboxylic acids is 1. The molecule has 0 aliphatic rings. The fourth-order valence-electron chi connectivity index (χ4n) is 3.48. The van der Waals surface area contributed by atoms with Gasteiger partial charge in [0.05, 0.1) is 23.7 Å². The third-order valence-corrected chi connectivity index (χ3v) is 4.93. The second-order valence-corrected chi connectivity index (χ2v) is 7.13. The van der Waals surface area contributed by atoms with Gasteiger partial charge in [0, 0.05) is 36.1 Å². The van der Waals surface area contributed by atoms with Crippen LogP contribution in [0.15, 0.2) is 48.7 Å². The van der Waals surface area contributed by atoms with E-state index in [0.717, 1.165) is 33.5 Å². The molecule has 0 saturated heterocycles. The summed E-state index contributed by atoms with van der Waals surface area (Å²) >= 11 is 0. The minimum atomic E-state index is -0.0891. The first-order chi connectivity index (χ1) is 13.6. The van der Waals surface area contributed by atoms with Crippen molar-refractivity contribution >= 4 is 27.8 Å². The molecule has 0 unspecified atom stereocenters. The van der Waals surface area contributed by atoms with Crippen LogP contribution in [0.4, 0.5) is 0 Å². The molecule has 0 saturated carbocycles. The Kier molecular flexibility index (Phi) is 4.77. The van der Waals surface area contributed by atoms with E-state index in [1.807, 2.05) is 48.7 Å². The van der Waals surface area contributed by atoms with Crippen LogP contribution < -0.4 is 10.1 Å². The van der Waals surface area contributed by atoms with Gasteiger partial charge in [-0.05, 0) is 44.2 Å². The average molecular weight is 376 g/mol. The van der Waals surface area contributed by atoms with Crippen molar-refractivity contribution in [2.75, 3.05) is 13.7 Å². The third kappa shape index (κ3) is 3.33. The number of aromatic amines is 1. The molecule has 0 fully saturated rings. The van der Waals surface area contributed by atoms with Gasteiger partial charge in [0.15, 0.2) is 0 Å². The first-order valence-electron chi connectivity index (χ1n) is 9.47. The molecule has 0 radical (unpaired) electrons. The lowest BCUT2D eigenvalue weighted by Gasteiger charge is -2.09. The van der Waals surface area contributed by atoms with Gasteiger partial charge in [0.2, 0.25) is 0 Å². The Hall–Kier alpha value is -3.28. The van der Waals surface area contributed by atoms with E-state index in [-0.39, 0.29) is 11.9 Å². The summed E-state index contributed by atoms with van der Waals surface area (Å²) < 4.78 is 7.46. The number of amides is 1. The summed E-state index contributed by atoms with van der Waals surface area (Å²) in [6.45, 7) is 4.72. The summed E-state index contributed by atoms with van der Waals surface area (Å²) in [5.41, 5.74) is 3.64. The highest BCUT2D eigenvalue weighted by Crippen LogP contribution is 2.28. The molecule has 6 nitrogen and oxygen atoms in total. The molecule has 2 N–H and O–H groups in total. The van der Waals surface area contributed by atoms with E-state index in [9.17, 15) is 4.79 Å². The largest absolute Gasteiger partial charge is 0.497 e. The molecule has 1 amide bonds. The molecule has 6 heteroatoms. The summed E-state index contributed by atoms with van der Waals surface area (Å²) in [5.74, 6) is 1.52. The van der Waals surface area contributed by atoms with Crippen molar-refractivity contribution in [3.05, 3.63) is 60.0 Å². The van der Waals surface area contributed by atoms with Gasteiger partial charge in [-0.2, -0.15) is 0 Å². The van der Waals surface area contributed by atoms with Crippen LogP contribution in [0, 0.1) is 0 Å². The molecule has 4 rings (SSSR count). The predicted molar refractivity (Wildman–Crippen MR) is 111 cm³/mol. The van der Waals surface area contributed by atoms with E-state index in [1.54, 1.807) is 7.11 Å². The molecular formula is C22H24N4O2. The average Bonchev–Trinajstić information content (AvgIpc) is 3.28. The van der Waals surface area contributed by atoms with E-state index in [4.69, 9.17) is 4.74 Å². The molecule has 0 spiro atoms. The van der Waals surface area contributed by atoms with Crippen molar-refractivity contribution < 1.29 is 9.53 Å². The second kappa shape index (κ2) is 7.38. The number of ether oxygens (including phenoxy) is 1. The first-order valence-corrected chi connectivity index (χ1v) is 9.47. The quantitative estimate of drug-likeness (QED) is 0.533. The summed E-state index contributed by atoms with van der Waals surface area (Å²) in [7, 11) is 1.63. The Morgan fingerprint density at radius 1 is 1.25 bits per heavy atom. The minimum absolute atomic E-state index is 0.0891. The van der Waals surface area contributed by atoms with Crippen LogP contribution in [-0.4, -0.2) is 34.1 Å². The van der Waals surface area contributed by atoms with E-state index in [1.165, 1.54) is 0 Å². The van der Waals surface area contributed by atoms with Gasteiger partial charge in [-0.15, -0.1) is 0 Å². The van der Waals surface area contributed by atoms with Crippen molar-refractivity contribution in [1.29, 1.82) is 0 Å². The maximum Gasteiger partial charge on any atom is 0.253 e. The normalized spacial score (nSPS) is 11.4. The van der Waals surface area contributed by atoms with Crippen LogP contribution in [0.5, 0.6) is 5.75 Å². The third-order valence-electron chi connectivity index (χ3n) is 4.93. The monoisotopic (exact) mass is 376 g/mol. The van der Waals surface area contributed by atoms with Gasteiger partial charge >= 0.3 is 0 Å². The van der Waals surface area contributed by atoms with Crippen molar-refractivity contribution in [1.82, 2.24) is 19.9 Å². The number of para-hydroxylation sites is 2. The Balaban J connectivity index is 1.53. The van der Waals surface area contributed by atoms with Gasteiger partial charge in [0.1, 0.15) is 11.6 Å². The number of aromatic nitrogens is 3. The molecular weight excluding hydrogens is 352 g/mol. The molecule has 2 aromatic heterocycles. The Bertz CT molecular complexity index is 1110. The summed E-state index contributed by atoms with van der Waals surface area (Å²) in [6.07, 6.45) is 2.57. The SMILES string of the molecule is COc1ccc2c(c1)c(C(=O)NCCc1nc3ccccc3[nH]1)cn2C(C)C. The number of nitrogens with zero attached hydrogens (tertiary/aromatic N) is 2.